The van der Waals surface area contributed by atoms with Gasteiger partial charge in [0.05, 0.1) is 5.39 Å². The van der Waals surface area contributed by atoms with Crippen molar-refractivity contribution in [2.75, 3.05) is 13.2 Å². The molecule has 0 spiro atoms. The Hall–Kier alpha value is -2.87. The molecule has 2 amide bonds. The highest BCUT2D eigenvalue weighted by molar-refractivity contribution is 6.31. The van der Waals surface area contributed by atoms with Crippen molar-refractivity contribution < 1.29 is 23.5 Å². The van der Waals surface area contributed by atoms with Gasteiger partial charge >= 0.3 is 5.97 Å². The third-order valence-electron chi connectivity index (χ3n) is 3.54. The third-order valence-corrected chi connectivity index (χ3v) is 3.78. The van der Waals surface area contributed by atoms with E-state index in [9.17, 15) is 19.2 Å². The lowest BCUT2D eigenvalue weighted by atomic mass is 10.2. The Morgan fingerprint density at radius 2 is 2.00 bits per heavy atom. The minimum absolute atomic E-state index is 0.171. The van der Waals surface area contributed by atoms with Crippen LogP contribution in [-0.2, 0) is 14.3 Å². The highest BCUT2D eigenvalue weighted by Gasteiger charge is 2.18. The summed E-state index contributed by atoms with van der Waals surface area (Å²) in [4.78, 5) is 47.6. The van der Waals surface area contributed by atoms with Gasteiger partial charge in [-0.25, -0.2) is 4.79 Å². The van der Waals surface area contributed by atoms with E-state index in [0.29, 0.717) is 11.6 Å². The van der Waals surface area contributed by atoms with E-state index in [1.54, 1.807) is 0 Å². The second-order valence-corrected chi connectivity index (χ2v) is 6.21. The fourth-order valence-electron chi connectivity index (χ4n) is 2.18. The van der Waals surface area contributed by atoms with Crippen molar-refractivity contribution in [1.82, 2.24) is 10.6 Å². The zero-order chi connectivity index (χ0) is 20.0. The number of hydrogen-bond acceptors (Lipinski definition) is 6. The van der Waals surface area contributed by atoms with E-state index in [2.05, 4.69) is 10.6 Å². The van der Waals surface area contributed by atoms with Crippen LogP contribution in [0.25, 0.3) is 11.0 Å². The molecule has 9 heteroatoms. The summed E-state index contributed by atoms with van der Waals surface area (Å²) in [6, 6.07) is 4.60. The normalized spacial score (nSPS) is 11.7. The largest absolute Gasteiger partial charge is 0.450 e. The van der Waals surface area contributed by atoms with Gasteiger partial charge < -0.3 is 19.8 Å². The zero-order valence-electron chi connectivity index (χ0n) is 14.8. The van der Waals surface area contributed by atoms with E-state index in [1.165, 1.54) is 25.1 Å². The highest BCUT2D eigenvalue weighted by Crippen LogP contribution is 2.17. The lowest BCUT2D eigenvalue weighted by Gasteiger charge is -2.13. The maximum atomic E-state index is 12.1. The van der Waals surface area contributed by atoms with Crippen molar-refractivity contribution >= 4 is 40.4 Å². The lowest BCUT2D eigenvalue weighted by molar-refractivity contribution is -0.130. The first kappa shape index (κ1) is 20.4. The Balaban J connectivity index is 1.96. The summed E-state index contributed by atoms with van der Waals surface area (Å²) in [6.07, 6.45) is 0.771. The lowest BCUT2D eigenvalue weighted by Crippen LogP contribution is -2.46. The van der Waals surface area contributed by atoms with Crippen molar-refractivity contribution in [3.8, 4) is 0 Å². The predicted molar refractivity (Wildman–Crippen MR) is 98.7 cm³/mol. The molecule has 27 heavy (non-hydrogen) atoms. The van der Waals surface area contributed by atoms with E-state index in [-0.39, 0.29) is 22.6 Å². The first-order chi connectivity index (χ1) is 12.8. The molecule has 2 rings (SSSR count). The standard InChI is InChI=1S/C18H19ClN2O6/c1-3-6-20-17(24)10(2)21-16(23)9-26-18(25)15-8-13(22)12-7-11(19)4-5-14(12)27-15/h4-5,7-8,10H,3,6,9H2,1-2H3,(H,20,24)(H,21,23)/t10-/m1/s1. The molecule has 0 aliphatic heterocycles. The summed E-state index contributed by atoms with van der Waals surface area (Å²) in [5.74, 6) is -2.30. The van der Waals surface area contributed by atoms with Gasteiger partial charge in [-0.05, 0) is 31.5 Å². The minimum Gasteiger partial charge on any atom is -0.450 e. The van der Waals surface area contributed by atoms with Gasteiger partial charge in [0.1, 0.15) is 11.6 Å². The summed E-state index contributed by atoms with van der Waals surface area (Å²) in [5.41, 5.74) is -0.291. The number of rotatable bonds is 7. The molecule has 0 saturated carbocycles. The molecular weight excluding hydrogens is 376 g/mol. The van der Waals surface area contributed by atoms with Gasteiger partial charge in [0.15, 0.2) is 12.0 Å². The second-order valence-electron chi connectivity index (χ2n) is 5.77. The van der Waals surface area contributed by atoms with Crippen LogP contribution in [0.1, 0.15) is 30.8 Å². The average Bonchev–Trinajstić information content (AvgIpc) is 2.64. The van der Waals surface area contributed by atoms with Crippen LogP contribution in [0.15, 0.2) is 33.5 Å². The molecule has 0 bridgehead atoms. The molecule has 0 aliphatic rings. The topological polar surface area (TPSA) is 115 Å². The molecule has 8 nitrogen and oxygen atoms in total. The number of carbonyl (C=O) groups is 3. The van der Waals surface area contributed by atoms with Gasteiger partial charge in [0.2, 0.25) is 11.7 Å². The van der Waals surface area contributed by atoms with E-state index < -0.39 is 30.0 Å². The van der Waals surface area contributed by atoms with Gasteiger partial charge in [0, 0.05) is 17.6 Å². The van der Waals surface area contributed by atoms with Gasteiger partial charge in [0.25, 0.3) is 5.91 Å². The molecule has 1 heterocycles. The predicted octanol–water partition coefficient (Wildman–Crippen LogP) is 1.63. The van der Waals surface area contributed by atoms with Gasteiger partial charge in [-0.2, -0.15) is 0 Å². The van der Waals surface area contributed by atoms with Crippen molar-refractivity contribution in [2.24, 2.45) is 0 Å². The minimum atomic E-state index is -0.970. The highest BCUT2D eigenvalue weighted by atomic mass is 35.5. The van der Waals surface area contributed by atoms with E-state index in [0.717, 1.165) is 12.5 Å². The Bertz CT molecular complexity index is 924. The molecule has 1 aromatic carbocycles. The van der Waals surface area contributed by atoms with Crippen molar-refractivity contribution in [3.63, 3.8) is 0 Å². The molecule has 144 valence electrons. The number of amides is 2. The Morgan fingerprint density at radius 1 is 1.26 bits per heavy atom. The van der Waals surface area contributed by atoms with Crippen LogP contribution in [0.3, 0.4) is 0 Å². The summed E-state index contributed by atoms with van der Waals surface area (Å²) in [7, 11) is 0. The molecule has 2 aromatic rings. The molecule has 2 N–H and O–H groups in total. The van der Waals surface area contributed by atoms with Gasteiger partial charge in [-0.15, -0.1) is 0 Å². The molecule has 0 saturated heterocycles. The number of nitrogens with one attached hydrogen (secondary N) is 2. The summed E-state index contributed by atoms with van der Waals surface area (Å²) < 4.78 is 10.2. The Labute approximate surface area is 159 Å². The Kier molecular flexibility index (Phi) is 6.95. The zero-order valence-corrected chi connectivity index (χ0v) is 15.6. The number of carbonyl (C=O) groups excluding carboxylic acids is 3. The molecule has 0 fully saturated rings. The number of esters is 1. The maximum absolute atomic E-state index is 12.1. The van der Waals surface area contributed by atoms with Crippen LogP contribution in [0.5, 0.6) is 0 Å². The second kappa shape index (κ2) is 9.18. The molecular formula is C18H19ClN2O6. The van der Waals surface area contributed by atoms with Gasteiger partial charge in [-0.3, -0.25) is 14.4 Å². The fraction of sp³-hybridized carbons (Fsp3) is 0.333. The van der Waals surface area contributed by atoms with Crippen LogP contribution in [-0.4, -0.2) is 37.0 Å². The smallest absolute Gasteiger partial charge is 0.374 e. The fourth-order valence-corrected chi connectivity index (χ4v) is 2.35. The van der Waals surface area contributed by atoms with Crippen molar-refractivity contribution in [2.45, 2.75) is 26.3 Å². The first-order valence-corrected chi connectivity index (χ1v) is 8.67. The molecule has 0 unspecified atom stereocenters. The summed E-state index contributed by atoms with van der Waals surface area (Å²) in [6.45, 7) is 3.30. The molecule has 0 radical (unpaired) electrons. The van der Waals surface area contributed by atoms with Crippen LogP contribution in [0.2, 0.25) is 5.02 Å². The number of halogens is 1. The maximum Gasteiger partial charge on any atom is 0.374 e. The number of hydrogen-bond donors (Lipinski definition) is 2. The number of fused-ring (bicyclic) bond motifs is 1. The van der Waals surface area contributed by atoms with Crippen LogP contribution < -0.4 is 16.1 Å². The van der Waals surface area contributed by atoms with Crippen LogP contribution in [0.4, 0.5) is 0 Å². The van der Waals surface area contributed by atoms with Crippen molar-refractivity contribution in [1.29, 1.82) is 0 Å². The molecule has 1 aromatic heterocycles. The summed E-state index contributed by atoms with van der Waals surface area (Å²) >= 11 is 5.82. The van der Waals surface area contributed by atoms with E-state index in [4.69, 9.17) is 20.8 Å². The summed E-state index contributed by atoms with van der Waals surface area (Å²) in [5, 5.41) is 5.63. The molecule has 0 aliphatic carbocycles. The first-order valence-electron chi connectivity index (χ1n) is 8.29. The quantitative estimate of drug-likeness (QED) is 0.690. The Morgan fingerprint density at radius 3 is 2.70 bits per heavy atom. The SMILES string of the molecule is CCCNC(=O)[C@@H](C)NC(=O)COC(=O)c1cc(=O)c2cc(Cl)ccc2o1. The van der Waals surface area contributed by atoms with Crippen molar-refractivity contribution in [3.05, 3.63) is 45.3 Å². The number of ether oxygens (including phenoxy) is 1. The molecule has 1 atom stereocenters. The van der Waals surface area contributed by atoms with E-state index >= 15 is 0 Å². The van der Waals surface area contributed by atoms with Crippen LogP contribution >= 0.6 is 11.6 Å². The van der Waals surface area contributed by atoms with E-state index in [1.807, 2.05) is 6.92 Å². The average molecular weight is 395 g/mol. The number of benzene rings is 1. The third kappa shape index (κ3) is 5.55. The van der Waals surface area contributed by atoms with Gasteiger partial charge in [-0.1, -0.05) is 18.5 Å². The monoisotopic (exact) mass is 394 g/mol. The van der Waals surface area contributed by atoms with Crippen LogP contribution in [0, 0.1) is 0 Å².